The van der Waals surface area contributed by atoms with Crippen molar-refractivity contribution >= 4 is 17.3 Å². The number of nitro groups is 1. The van der Waals surface area contributed by atoms with E-state index in [1.54, 1.807) is 24.3 Å². The molecule has 0 bridgehead atoms. The Morgan fingerprint density at radius 1 is 0.891 bits per heavy atom. The molecule has 3 aromatic rings. The molecule has 0 aliphatic heterocycles. The van der Waals surface area contributed by atoms with E-state index in [2.05, 4.69) is 26.0 Å². The van der Waals surface area contributed by atoms with Gasteiger partial charge in [0.25, 0.3) is 0 Å². The molecule has 0 aromatic heterocycles. The summed E-state index contributed by atoms with van der Waals surface area (Å²) in [6, 6.07) is 17.5. The number of hydrogen-bond acceptors (Lipinski definition) is 6. The highest BCUT2D eigenvalue weighted by atomic mass is 16.6. The maximum Gasteiger partial charge on any atom is 0.343 e. The molecule has 1 aliphatic rings. The van der Waals surface area contributed by atoms with Crippen LogP contribution in [0.15, 0.2) is 60.7 Å². The molecule has 0 heterocycles. The normalized spacial score (nSPS) is 16.9. The van der Waals surface area contributed by atoms with Gasteiger partial charge in [0.15, 0.2) is 5.75 Å². The molecule has 248 valence electrons. The molecule has 0 saturated heterocycles. The molecule has 46 heavy (non-hydrogen) atoms. The van der Waals surface area contributed by atoms with Gasteiger partial charge in [-0.05, 0) is 79.8 Å². The van der Waals surface area contributed by atoms with Gasteiger partial charge in [-0.1, -0.05) is 102 Å². The van der Waals surface area contributed by atoms with E-state index in [1.807, 2.05) is 19.1 Å². The molecule has 0 amide bonds. The lowest BCUT2D eigenvalue weighted by molar-refractivity contribution is -0.386. The molecule has 7 nitrogen and oxygen atoms in total. The van der Waals surface area contributed by atoms with Gasteiger partial charge in [0.1, 0.15) is 5.75 Å². The van der Waals surface area contributed by atoms with Crippen LogP contribution in [0.4, 0.5) is 11.4 Å². The molecular formula is C39H52N2O5. The smallest absolute Gasteiger partial charge is 0.343 e. The summed E-state index contributed by atoms with van der Waals surface area (Å²) >= 11 is 0. The fourth-order valence-corrected chi connectivity index (χ4v) is 6.57. The van der Waals surface area contributed by atoms with Crippen molar-refractivity contribution < 1.29 is 19.2 Å². The van der Waals surface area contributed by atoms with Gasteiger partial charge in [-0.2, -0.15) is 0 Å². The number of ether oxygens (including phenoxy) is 2. The number of benzene rings is 3. The molecule has 4 rings (SSSR count). The van der Waals surface area contributed by atoms with Crippen molar-refractivity contribution in [3.05, 3.63) is 81.9 Å². The van der Waals surface area contributed by atoms with Crippen molar-refractivity contribution in [3.63, 3.8) is 0 Å². The highest BCUT2D eigenvalue weighted by molar-refractivity contribution is 5.92. The van der Waals surface area contributed by atoms with Crippen LogP contribution in [0.5, 0.6) is 11.5 Å². The lowest BCUT2D eigenvalue weighted by atomic mass is 9.78. The maximum atomic E-state index is 12.9. The van der Waals surface area contributed by atoms with Crippen molar-refractivity contribution in [1.82, 2.24) is 0 Å². The fourth-order valence-electron chi connectivity index (χ4n) is 6.57. The Morgan fingerprint density at radius 3 is 2.15 bits per heavy atom. The van der Waals surface area contributed by atoms with Gasteiger partial charge < -0.3 is 15.2 Å². The second-order valence-electron chi connectivity index (χ2n) is 13.1. The van der Waals surface area contributed by atoms with Crippen LogP contribution >= 0.6 is 0 Å². The van der Waals surface area contributed by atoms with E-state index in [0.717, 1.165) is 43.9 Å². The Morgan fingerprint density at radius 2 is 1.52 bits per heavy atom. The zero-order valence-corrected chi connectivity index (χ0v) is 28.0. The van der Waals surface area contributed by atoms with Crippen LogP contribution in [-0.4, -0.2) is 17.0 Å². The lowest BCUT2D eigenvalue weighted by Crippen LogP contribution is -2.15. The van der Waals surface area contributed by atoms with Crippen molar-refractivity contribution in [2.24, 2.45) is 11.8 Å². The van der Waals surface area contributed by atoms with Gasteiger partial charge in [0.05, 0.1) is 16.6 Å². The van der Waals surface area contributed by atoms with Crippen LogP contribution in [-0.2, 0) is 6.42 Å². The molecule has 1 aliphatic carbocycles. The highest BCUT2D eigenvalue weighted by Crippen LogP contribution is 2.38. The van der Waals surface area contributed by atoms with Gasteiger partial charge in [-0.15, -0.1) is 0 Å². The fraction of sp³-hybridized carbons (Fsp3) is 0.513. The molecule has 1 saturated carbocycles. The average molecular weight is 629 g/mol. The van der Waals surface area contributed by atoms with Crippen molar-refractivity contribution in [2.45, 2.75) is 117 Å². The van der Waals surface area contributed by atoms with Crippen LogP contribution in [0.3, 0.4) is 0 Å². The third-order valence-corrected chi connectivity index (χ3v) is 9.46. The van der Waals surface area contributed by atoms with E-state index in [1.165, 1.54) is 75.5 Å². The first kappa shape index (κ1) is 35.0. The Kier molecular flexibility index (Phi) is 13.5. The summed E-state index contributed by atoms with van der Waals surface area (Å²) in [5.74, 6) is 1.97. The number of hydrogen-bond donors (Lipinski definition) is 1. The topological polar surface area (TPSA) is 105 Å². The summed E-state index contributed by atoms with van der Waals surface area (Å²) in [7, 11) is 0. The first-order valence-electron chi connectivity index (χ1n) is 17.4. The summed E-state index contributed by atoms with van der Waals surface area (Å²) < 4.78 is 11.6. The molecule has 2 N–H and O–H groups in total. The molecule has 1 fully saturated rings. The quantitative estimate of drug-likeness (QED) is 0.0398. The Labute approximate surface area is 275 Å². The second-order valence-corrected chi connectivity index (χ2v) is 13.1. The Bertz CT molecular complexity index is 1400. The summed E-state index contributed by atoms with van der Waals surface area (Å²) in [6.45, 7) is 6.32. The van der Waals surface area contributed by atoms with E-state index in [4.69, 9.17) is 15.2 Å². The van der Waals surface area contributed by atoms with E-state index in [0.29, 0.717) is 28.1 Å². The number of carbonyl (C=O) groups is 1. The minimum Gasteiger partial charge on any atom is -0.484 e. The Balaban J connectivity index is 1.30. The Hall–Kier alpha value is -3.87. The number of rotatable bonds is 17. The second kappa shape index (κ2) is 17.7. The lowest BCUT2D eigenvalue weighted by Gasteiger charge is -2.28. The minimum absolute atomic E-state index is 0.136. The first-order valence-corrected chi connectivity index (χ1v) is 17.4. The van der Waals surface area contributed by atoms with Crippen molar-refractivity contribution in [1.29, 1.82) is 0 Å². The van der Waals surface area contributed by atoms with E-state index >= 15 is 0 Å². The highest BCUT2D eigenvalue weighted by Gasteiger charge is 2.22. The summed E-state index contributed by atoms with van der Waals surface area (Å²) in [4.78, 5) is 24.3. The number of nitrogens with zero attached hydrogens (tertiary/aromatic N) is 1. The monoisotopic (exact) mass is 628 g/mol. The SMILES string of the molecule is CCCCCC1CCC(CCc2ccc(OC(=O)c3ccc(-c4cc([N+](=O)[O-])c(O[C@H](C)CCCCC)cc4N)cc3)cc2)CC1. The molecule has 1 atom stereocenters. The molecule has 0 spiro atoms. The van der Waals surface area contributed by atoms with Crippen molar-refractivity contribution in [3.8, 4) is 22.6 Å². The minimum atomic E-state index is -0.463. The number of unbranched alkanes of at least 4 members (excludes halogenated alkanes) is 4. The number of anilines is 1. The summed E-state index contributed by atoms with van der Waals surface area (Å²) in [6.07, 6.45) is 17.1. The first-order chi connectivity index (χ1) is 22.3. The third kappa shape index (κ3) is 10.3. The standard InChI is InChI=1S/C39H52N2O5/c1-4-6-8-10-28(3)45-38-27-36(40)35(26-37(38)41(43)44)32-20-22-33(23-21-32)39(42)46-34-24-18-31(19-25-34)17-16-30-14-12-29(13-15-30)11-9-7-5-2/h18-30H,4-17,40H2,1-3H3/t28-,29?,30?/m1/s1. The molecule has 0 radical (unpaired) electrons. The third-order valence-electron chi connectivity index (χ3n) is 9.46. The van der Waals surface area contributed by atoms with Crippen LogP contribution in [0.25, 0.3) is 11.1 Å². The zero-order valence-electron chi connectivity index (χ0n) is 28.0. The number of nitrogens with two attached hydrogens (primary N) is 1. The van der Waals surface area contributed by atoms with Gasteiger partial charge in [-0.3, -0.25) is 10.1 Å². The number of nitrogen functional groups attached to an aromatic ring is 1. The van der Waals surface area contributed by atoms with Gasteiger partial charge >= 0.3 is 11.7 Å². The predicted octanol–water partition coefficient (Wildman–Crippen LogP) is 10.7. The van der Waals surface area contributed by atoms with Gasteiger partial charge in [0.2, 0.25) is 0 Å². The largest absolute Gasteiger partial charge is 0.484 e. The number of nitro benzene ring substituents is 1. The predicted molar refractivity (Wildman–Crippen MR) is 186 cm³/mol. The number of esters is 1. The van der Waals surface area contributed by atoms with Crippen LogP contribution in [0, 0.1) is 22.0 Å². The van der Waals surface area contributed by atoms with Gasteiger partial charge in [-0.25, -0.2) is 4.79 Å². The number of aryl methyl sites for hydroxylation is 1. The van der Waals surface area contributed by atoms with E-state index in [9.17, 15) is 14.9 Å². The summed E-state index contributed by atoms with van der Waals surface area (Å²) in [5.41, 5.74) is 9.38. The zero-order chi connectivity index (χ0) is 32.9. The van der Waals surface area contributed by atoms with Gasteiger partial charge in [0, 0.05) is 23.4 Å². The molecule has 3 aromatic carbocycles. The molecule has 7 heteroatoms. The number of carbonyl (C=O) groups excluding carboxylic acids is 1. The molecular weight excluding hydrogens is 576 g/mol. The average Bonchev–Trinajstić information content (AvgIpc) is 3.05. The van der Waals surface area contributed by atoms with E-state index in [-0.39, 0.29) is 17.5 Å². The summed E-state index contributed by atoms with van der Waals surface area (Å²) in [5, 5.41) is 11.9. The molecule has 0 unspecified atom stereocenters. The maximum absolute atomic E-state index is 12.9. The van der Waals surface area contributed by atoms with E-state index < -0.39 is 10.9 Å². The van der Waals surface area contributed by atoms with Crippen molar-refractivity contribution in [2.75, 3.05) is 5.73 Å². The van der Waals surface area contributed by atoms with Crippen LogP contribution in [0.2, 0.25) is 0 Å². The van der Waals surface area contributed by atoms with Crippen LogP contribution in [0.1, 0.15) is 120 Å². The van der Waals surface area contributed by atoms with Crippen LogP contribution < -0.4 is 15.2 Å².